The molecule has 2 atom stereocenters. The normalized spacial score (nSPS) is 19.4. The Hall–Kier alpha value is -1.74. The Morgan fingerprint density at radius 3 is 3.10 bits per heavy atom. The van der Waals surface area contributed by atoms with Crippen LogP contribution in [0.25, 0.3) is 0 Å². The van der Waals surface area contributed by atoms with Gasteiger partial charge < -0.3 is 14.5 Å². The first kappa shape index (κ1) is 13.3. The van der Waals surface area contributed by atoms with Crippen molar-refractivity contribution in [3.8, 4) is 5.75 Å². The third-order valence-corrected chi connectivity index (χ3v) is 4.10. The van der Waals surface area contributed by atoms with Crippen molar-refractivity contribution in [3.05, 3.63) is 53.5 Å². The van der Waals surface area contributed by atoms with E-state index in [-0.39, 0.29) is 6.04 Å². The number of methoxy groups -OCH3 is 1. The van der Waals surface area contributed by atoms with Crippen LogP contribution in [0.1, 0.15) is 48.7 Å². The average molecular weight is 271 g/mol. The summed E-state index contributed by atoms with van der Waals surface area (Å²) in [6.07, 6.45) is 5.22. The molecule has 1 unspecified atom stereocenters. The van der Waals surface area contributed by atoms with Crippen molar-refractivity contribution in [1.29, 1.82) is 0 Å². The predicted molar refractivity (Wildman–Crippen MR) is 78.9 cm³/mol. The van der Waals surface area contributed by atoms with E-state index in [9.17, 15) is 0 Å². The average Bonchev–Trinajstić information content (AvgIpc) is 2.97. The highest BCUT2D eigenvalue weighted by Gasteiger charge is 2.24. The van der Waals surface area contributed by atoms with E-state index in [0.717, 1.165) is 17.9 Å². The predicted octanol–water partition coefficient (Wildman–Crippen LogP) is 4.02. The zero-order chi connectivity index (χ0) is 13.9. The van der Waals surface area contributed by atoms with E-state index < -0.39 is 0 Å². The zero-order valence-electron chi connectivity index (χ0n) is 12.1. The lowest BCUT2D eigenvalue weighted by Gasteiger charge is -2.26. The minimum Gasteiger partial charge on any atom is -0.497 e. The van der Waals surface area contributed by atoms with Crippen LogP contribution in [0.5, 0.6) is 5.75 Å². The number of furan rings is 1. The van der Waals surface area contributed by atoms with E-state index in [0.29, 0.717) is 6.04 Å². The highest BCUT2D eigenvalue weighted by molar-refractivity contribution is 5.31. The molecule has 0 aliphatic heterocycles. The van der Waals surface area contributed by atoms with Gasteiger partial charge in [-0.15, -0.1) is 0 Å². The van der Waals surface area contributed by atoms with Gasteiger partial charge in [0.25, 0.3) is 0 Å². The molecule has 1 aromatic heterocycles. The second kappa shape index (κ2) is 5.71. The summed E-state index contributed by atoms with van der Waals surface area (Å²) in [6.45, 7) is 2.20. The van der Waals surface area contributed by atoms with Gasteiger partial charge in [-0.25, -0.2) is 0 Å². The lowest BCUT2D eigenvalue weighted by atomic mass is 9.92. The van der Waals surface area contributed by atoms with E-state index >= 15 is 0 Å². The lowest BCUT2D eigenvalue weighted by molar-refractivity contribution is 0.383. The second-order valence-electron chi connectivity index (χ2n) is 5.41. The molecule has 2 aromatic rings. The number of aryl methyl sites for hydroxylation is 1. The molecule has 106 valence electrons. The fraction of sp³-hybridized carbons (Fsp3) is 0.412. The van der Waals surface area contributed by atoms with E-state index in [4.69, 9.17) is 9.15 Å². The summed E-state index contributed by atoms with van der Waals surface area (Å²) >= 11 is 0. The van der Waals surface area contributed by atoms with E-state index in [1.807, 2.05) is 12.1 Å². The highest BCUT2D eigenvalue weighted by Crippen LogP contribution is 2.32. The Morgan fingerprint density at radius 1 is 1.35 bits per heavy atom. The summed E-state index contributed by atoms with van der Waals surface area (Å²) in [6, 6.07) is 11.0. The Bertz CT molecular complexity index is 576. The monoisotopic (exact) mass is 271 g/mol. The van der Waals surface area contributed by atoms with Crippen LogP contribution in [0.4, 0.5) is 0 Å². The zero-order valence-corrected chi connectivity index (χ0v) is 12.1. The quantitative estimate of drug-likeness (QED) is 0.912. The standard InChI is InChI=1S/C17H21NO2/c1-12(13-5-3-6-14(11-13)19-2)18-16-7-4-8-17-15(16)9-10-20-17/h3,5-6,9-12,16,18H,4,7-8H2,1-2H3/t12-,16?/m1/s1. The minimum absolute atomic E-state index is 0.288. The molecule has 20 heavy (non-hydrogen) atoms. The van der Waals surface area contributed by atoms with E-state index in [2.05, 4.69) is 30.4 Å². The first-order valence-corrected chi connectivity index (χ1v) is 7.24. The van der Waals surface area contributed by atoms with Gasteiger partial charge in [0.2, 0.25) is 0 Å². The maximum Gasteiger partial charge on any atom is 0.119 e. The number of rotatable bonds is 4. The highest BCUT2D eigenvalue weighted by atomic mass is 16.5. The van der Waals surface area contributed by atoms with Gasteiger partial charge in [0, 0.05) is 24.1 Å². The topological polar surface area (TPSA) is 34.4 Å². The molecule has 1 heterocycles. The van der Waals surface area contributed by atoms with Crippen LogP contribution in [0, 0.1) is 0 Å². The van der Waals surface area contributed by atoms with Gasteiger partial charge in [-0.3, -0.25) is 0 Å². The molecule has 0 amide bonds. The summed E-state index contributed by atoms with van der Waals surface area (Å²) < 4.78 is 10.8. The second-order valence-corrected chi connectivity index (χ2v) is 5.41. The van der Waals surface area contributed by atoms with Crippen LogP contribution < -0.4 is 10.1 Å². The molecular weight excluding hydrogens is 250 g/mol. The Labute approximate surface area is 119 Å². The van der Waals surface area contributed by atoms with Crippen LogP contribution in [-0.2, 0) is 6.42 Å². The molecule has 1 aliphatic rings. The SMILES string of the molecule is COc1cccc([C@@H](C)NC2CCCc3occc32)c1. The van der Waals surface area contributed by atoms with Gasteiger partial charge in [-0.05, 0) is 43.5 Å². The smallest absolute Gasteiger partial charge is 0.119 e. The Morgan fingerprint density at radius 2 is 2.25 bits per heavy atom. The van der Waals surface area contributed by atoms with Crippen molar-refractivity contribution in [2.45, 2.75) is 38.3 Å². The maximum absolute atomic E-state index is 5.55. The van der Waals surface area contributed by atoms with Gasteiger partial charge in [-0.2, -0.15) is 0 Å². The molecule has 0 saturated heterocycles. The summed E-state index contributed by atoms with van der Waals surface area (Å²) in [7, 11) is 1.70. The van der Waals surface area contributed by atoms with Crippen LogP contribution in [0.2, 0.25) is 0 Å². The fourth-order valence-electron chi connectivity index (χ4n) is 2.97. The van der Waals surface area contributed by atoms with Gasteiger partial charge in [-0.1, -0.05) is 12.1 Å². The summed E-state index contributed by atoms with van der Waals surface area (Å²) in [4.78, 5) is 0. The molecular formula is C17H21NO2. The molecule has 1 aromatic carbocycles. The van der Waals surface area contributed by atoms with Crippen LogP contribution in [0.15, 0.2) is 41.0 Å². The van der Waals surface area contributed by atoms with Gasteiger partial charge >= 0.3 is 0 Å². The van der Waals surface area contributed by atoms with Crippen LogP contribution >= 0.6 is 0 Å². The van der Waals surface area contributed by atoms with Crippen molar-refractivity contribution in [2.75, 3.05) is 7.11 Å². The Balaban J connectivity index is 1.75. The molecule has 0 saturated carbocycles. The van der Waals surface area contributed by atoms with Gasteiger partial charge in [0.15, 0.2) is 0 Å². The third-order valence-electron chi connectivity index (χ3n) is 4.10. The first-order valence-electron chi connectivity index (χ1n) is 7.24. The number of hydrogen-bond donors (Lipinski definition) is 1. The van der Waals surface area contributed by atoms with Crippen molar-refractivity contribution in [3.63, 3.8) is 0 Å². The van der Waals surface area contributed by atoms with Crippen molar-refractivity contribution in [1.82, 2.24) is 5.32 Å². The first-order chi connectivity index (χ1) is 9.78. The van der Waals surface area contributed by atoms with E-state index in [1.54, 1.807) is 13.4 Å². The number of ether oxygens (including phenoxy) is 1. The number of fused-ring (bicyclic) bond motifs is 1. The third kappa shape index (κ3) is 2.59. The largest absolute Gasteiger partial charge is 0.497 e. The minimum atomic E-state index is 0.288. The maximum atomic E-state index is 5.55. The van der Waals surface area contributed by atoms with Crippen molar-refractivity contribution >= 4 is 0 Å². The summed E-state index contributed by atoms with van der Waals surface area (Å²) in [5.74, 6) is 2.05. The molecule has 1 aliphatic carbocycles. The number of benzene rings is 1. The summed E-state index contributed by atoms with van der Waals surface area (Å²) in [5.41, 5.74) is 2.57. The van der Waals surface area contributed by atoms with Crippen LogP contribution in [0.3, 0.4) is 0 Å². The van der Waals surface area contributed by atoms with Gasteiger partial charge in [0.05, 0.1) is 13.4 Å². The number of nitrogens with one attached hydrogen (secondary N) is 1. The molecule has 0 radical (unpaired) electrons. The van der Waals surface area contributed by atoms with Crippen molar-refractivity contribution in [2.24, 2.45) is 0 Å². The molecule has 3 rings (SSSR count). The van der Waals surface area contributed by atoms with Crippen molar-refractivity contribution < 1.29 is 9.15 Å². The van der Waals surface area contributed by atoms with E-state index in [1.165, 1.54) is 24.0 Å². The lowest BCUT2D eigenvalue weighted by Crippen LogP contribution is -2.27. The summed E-state index contributed by atoms with van der Waals surface area (Å²) in [5, 5.41) is 3.71. The molecule has 1 N–H and O–H groups in total. The molecule has 0 spiro atoms. The Kier molecular flexibility index (Phi) is 3.79. The molecule has 0 bridgehead atoms. The fourth-order valence-corrected chi connectivity index (χ4v) is 2.97. The van der Waals surface area contributed by atoms with Crippen LogP contribution in [-0.4, -0.2) is 7.11 Å². The number of hydrogen-bond acceptors (Lipinski definition) is 3. The molecule has 0 fully saturated rings. The molecule has 3 nitrogen and oxygen atoms in total. The van der Waals surface area contributed by atoms with Gasteiger partial charge in [0.1, 0.15) is 11.5 Å². The molecule has 3 heteroatoms.